The van der Waals surface area contributed by atoms with Crippen LogP contribution in [0.1, 0.15) is 19.8 Å². The van der Waals surface area contributed by atoms with E-state index in [1.165, 1.54) is 0 Å². The Morgan fingerprint density at radius 1 is 1.50 bits per heavy atom. The van der Waals surface area contributed by atoms with Crippen LogP contribution in [0.15, 0.2) is 12.1 Å². The largest absolute Gasteiger partial charge is 0.358 e. The Morgan fingerprint density at radius 2 is 2.28 bits per heavy atom. The summed E-state index contributed by atoms with van der Waals surface area (Å²) in [7, 11) is 0. The normalized spacial score (nSPS) is 26.4. The fourth-order valence-corrected chi connectivity index (χ4v) is 3.41. The predicted octanol–water partition coefficient (Wildman–Crippen LogP) is 2.99. The maximum Gasteiger partial charge on any atom is 0.247 e. The molecule has 2 heterocycles. The summed E-state index contributed by atoms with van der Waals surface area (Å²) in [6.45, 7) is 2.92. The number of nitrogens with zero attached hydrogens (tertiary/aromatic N) is 1. The molecule has 0 radical (unpaired) electrons. The molecule has 1 fully saturated rings. The zero-order valence-electron chi connectivity index (χ0n) is 10.0. The SMILES string of the molecule is CC1CCCN2c3cc(F)c(I)cc3NC(=O)C12. The van der Waals surface area contributed by atoms with Crippen molar-refractivity contribution in [2.24, 2.45) is 5.92 Å². The Hall–Kier alpha value is -0.850. The van der Waals surface area contributed by atoms with Gasteiger partial charge in [0.15, 0.2) is 0 Å². The highest BCUT2D eigenvalue weighted by molar-refractivity contribution is 14.1. The second-order valence-electron chi connectivity index (χ2n) is 5.03. The molecule has 0 spiro atoms. The van der Waals surface area contributed by atoms with E-state index in [2.05, 4.69) is 17.1 Å². The average molecular weight is 360 g/mol. The van der Waals surface area contributed by atoms with Gasteiger partial charge in [-0.2, -0.15) is 0 Å². The molecule has 1 saturated heterocycles. The number of benzene rings is 1. The molecular weight excluding hydrogens is 346 g/mol. The minimum Gasteiger partial charge on any atom is -0.358 e. The Morgan fingerprint density at radius 3 is 3.06 bits per heavy atom. The Kier molecular flexibility index (Phi) is 2.96. The van der Waals surface area contributed by atoms with Gasteiger partial charge in [0.05, 0.1) is 14.9 Å². The standard InChI is InChI=1S/C13H14FIN2O/c1-7-3-2-4-17-11-5-8(14)9(15)6-10(11)16-13(18)12(7)17/h5-7,12H,2-4H2,1H3,(H,16,18). The molecule has 3 rings (SSSR count). The van der Waals surface area contributed by atoms with E-state index in [4.69, 9.17) is 0 Å². The maximum atomic E-state index is 13.7. The minimum atomic E-state index is -0.220. The molecule has 18 heavy (non-hydrogen) atoms. The van der Waals surface area contributed by atoms with Gasteiger partial charge < -0.3 is 10.2 Å². The molecule has 0 aliphatic carbocycles. The number of carbonyl (C=O) groups excluding carboxylic acids is 1. The van der Waals surface area contributed by atoms with E-state index in [1.807, 2.05) is 22.6 Å². The first-order valence-corrected chi connectivity index (χ1v) is 7.22. The van der Waals surface area contributed by atoms with E-state index >= 15 is 0 Å². The molecule has 3 nitrogen and oxygen atoms in total. The van der Waals surface area contributed by atoms with Crippen LogP contribution >= 0.6 is 22.6 Å². The third kappa shape index (κ3) is 1.79. The topological polar surface area (TPSA) is 32.3 Å². The van der Waals surface area contributed by atoms with Crippen LogP contribution in [0.2, 0.25) is 0 Å². The lowest BCUT2D eigenvalue weighted by atomic mass is 9.88. The Bertz CT molecular complexity index is 520. The third-order valence-corrected chi connectivity index (χ3v) is 4.63. The summed E-state index contributed by atoms with van der Waals surface area (Å²) < 4.78 is 14.2. The zero-order valence-corrected chi connectivity index (χ0v) is 12.2. The minimum absolute atomic E-state index is 0.0390. The smallest absolute Gasteiger partial charge is 0.247 e. The molecule has 0 bridgehead atoms. The van der Waals surface area contributed by atoms with Crippen LogP contribution in [0, 0.1) is 15.3 Å². The molecule has 2 unspecified atom stereocenters. The number of anilines is 2. The van der Waals surface area contributed by atoms with Crippen molar-refractivity contribution in [3.8, 4) is 0 Å². The number of hydrogen-bond donors (Lipinski definition) is 1. The lowest BCUT2D eigenvalue weighted by Gasteiger charge is -2.44. The van der Waals surface area contributed by atoms with Gasteiger partial charge in [0.2, 0.25) is 5.91 Å². The van der Waals surface area contributed by atoms with Crippen molar-refractivity contribution in [1.29, 1.82) is 0 Å². The molecule has 1 amide bonds. The fourth-order valence-electron chi connectivity index (χ4n) is 2.94. The van der Waals surface area contributed by atoms with Crippen LogP contribution in [0.5, 0.6) is 0 Å². The highest BCUT2D eigenvalue weighted by Crippen LogP contribution is 2.39. The van der Waals surface area contributed by atoms with Gasteiger partial charge >= 0.3 is 0 Å². The van der Waals surface area contributed by atoms with Crippen molar-refractivity contribution in [3.63, 3.8) is 0 Å². The van der Waals surface area contributed by atoms with E-state index in [-0.39, 0.29) is 17.8 Å². The van der Waals surface area contributed by atoms with Gasteiger partial charge in [-0.05, 0) is 47.4 Å². The molecule has 0 aromatic heterocycles. The summed E-state index contributed by atoms with van der Waals surface area (Å²) in [5.41, 5.74) is 1.56. The van der Waals surface area contributed by atoms with Crippen LogP contribution in [0.4, 0.5) is 15.8 Å². The number of halogens is 2. The molecule has 1 aromatic carbocycles. The van der Waals surface area contributed by atoms with Crippen molar-refractivity contribution < 1.29 is 9.18 Å². The second-order valence-corrected chi connectivity index (χ2v) is 6.19. The van der Waals surface area contributed by atoms with Crippen LogP contribution in [0.25, 0.3) is 0 Å². The molecule has 96 valence electrons. The summed E-state index contributed by atoms with van der Waals surface area (Å²) in [6, 6.07) is 3.10. The highest BCUT2D eigenvalue weighted by atomic mass is 127. The lowest BCUT2D eigenvalue weighted by Crippen LogP contribution is -2.54. The van der Waals surface area contributed by atoms with Crippen LogP contribution in [0.3, 0.4) is 0 Å². The molecule has 5 heteroatoms. The lowest BCUT2D eigenvalue weighted by molar-refractivity contribution is -0.119. The van der Waals surface area contributed by atoms with E-state index in [1.54, 1.807) is 12.1 Å². The molecule has 2 atom stereocenters. The van der Waals surface area contributed by atoms with Gasteiger partial charge in [0.25, 0.3) is 0 Å². The summed E-state index contributed by atoms with van der Waals surface area (Å²) in [5, 5.41) is 2.91. The maximum absolute atomic E-state index is 13.7. The van der Waals surface area contributed by atoms with Gasteiger partial charge in [-0.3, -0.25) is 4.79 Å². The summed E-state index contributed by atoms with van der Waals surface area (Å²) in [5.74, 6) is 0.133. The molecule has 1 N–H and O–H groups in total. The number of piperidine rings is 1. The van der Waals surface area contributed by atoms with E-state index < -0.39 is 0 Å². The average Bonchev–Trinajstić information content (AvgIpc) is 2.32. The first-order valence-electron chi connectivity index (χ1n) is 6.14. The van der Waals surface area contributed by atoms with E-state index in [0.717, 1.165) is 30.8 Å². The first-order chi connectivity index (χ1) is 8.58. The number of nitrogens with one attached hydrogen (secondary N) is 1. The zero-order chi connectivity index (χ0) is 12.9. The molecule has 2 aliphatic heterocycles. The van der Waals surface area contributed by atoms with Crippen LogP contribution in [-0.2, 0) is 4.79 Å². The van der Waals surface area contributed by atoms with Gasteiger partial charge in [-0.15, -0.1) is 0 Å². The van der Waals surface area contributed by atoms with E-state index in [9.17, 15) is 9.18 Å². The molecular formula is C13H14FIN2O. The predicted molar refractivity (Wildman–Crippen MR) is 77.3 cm³/mol. The summed E-state index contributed by atoms with van der Waals surface area (Å²) >= 11 is 1.94. The van der Waals surface area contributed by atoms with Crippen LogP contribution < -0.4 is 10.2 Å². The van der Waals surface area contributed by atoms with Gasteiger partial charge in [-0.25, -0.2) is 4.39 Å². The molecule has 2 aliphatic rings. The Balaban J connectivity index is 2.10. The van der Waals surface area contributed by atoms with Crippen molar-refractivity contribution in [1.82, 2.24) is 0 Å². The van der Waals surface area contributed by atoms with Gasteiger partial charge in [0, 0.05) is 12.6 Å². The molecule has 1 aromatic rings. The van der Waals surface area contributed by atoms with Crippen molar-refractivity contribution in [2.45, 2.75) is 25.8 Å². The highest BCUT2D eigenvalue weighted by Gasteiger charge is 2.39. The fraction of sp³-hybridized carbons (Fsp3) is 0.462. The Labute approximate surface area is 119 Å². The summed E-state index contributed by atoms with van der Waals surface area (Å²) in [4.78, 5) is 14.2. The van der Waals surface area contributed by atoms with Gasteiger partial charge in [-0.1, -0.05) is 6.92 Å². The third-order valence-electron chi connectivity index (χ3n) is 3.81. The van der Waals surface area contributed by atoms with Crippen LogP contribution in [-0.4, -0.2) is 18.5 Å². The number of hydrogen-bond acceptors (Lipinski definition) is 2. The quantitative estimate of drug-likeness (QED) is 0.722. The summed E-state index contributed by atoms with van der Waals surface area (Å²) in [6.07, 6.45) is 2.11. The molecule has 0 saturated carbocycles. The first kappa shape index (κ1) is 12.2. The number of rotatable bonds is 0. The number of amides is 1. The van der Waals surface area contributed by atoms with Gasteiger partial charge in [0.1, 0.15) is 11.9 Å². The van der Waals surface area contributed by atoms with Crippen molar-refractivity contribution in [3.05, 3.63) is 21.5 Å². The number of fused-ring (bicyclic) bond motifs is 3. The monoisotopic (exact) mass is 360 g/mol. The number of carbonyl (C=O) groups is 1. The second kappa shape index (κ2) is 4.36. The van der Waals surface area contributed by atoms with Crippen molar-refractivity contribution >= 4 is 39.9 Å². The van der Waals surface area contributed by atoms with E-state index in [0.29, 0.717) is 9.49 Å². The van der Waals surface area contributed by atoms with Crippen molar-refractivity contribution in [2.75, 3.05) is 16.8 Å².